The molecule has 5 nitrogen and oxygen atoms in total. The number of carboxylic acid groups (broad SMARTS) is 1. The number of benzene rings is 1. The molecule has 0 heterocycles. The van der Waals surface area contributed by atoms with Gasteiger partial charge in [0.15, 0.2) is 5.54 Å². The van der Waals surface area contributed by atoms with Gasteiger partial charge in [0.1, 0.15) is 18.1 Å². The zero-order valence-electron chi connectivity index (χ0n) is 12.8. The van der Waals surface area contributed by atoms with E-state index in [0.717, 1.165) is 18.6 Å². The quantitative estimate of drug-likeness (QED) is 0.770. The van der Waals surface area contributed by atoms with Crippen LogP contribution in [0.5, 0.6) is 11.5 Å². The SMILES string of the molecule is COc1ccc(OCC(NC(C)C)(C(=O)O)C2CC2)cc1. The Labute approximate surface area is 125 Å². The summed E-state index contributed by atoms with van der Waals surface area (Å²) in [4.78, 5) is 11.8. The van der Waals surface area contributed by atoms with Gasteiger partial charge in [-0.1, -0.05) is 0 Å². The molecule has 0 aliphatic heterocycles. The third kappa shape index (κ3) is 3.67. The summed E-state index contributed by atoms with van der Waals surface area (Å²) in [6, 6.07) is 7.25. The smallest absolute Gasteiger partial charge is 0.327 e. The second kappa shape index (κ2) is 6.35. The van der Waals surface area contributed by atoms with Crippen molar-refractivity contribution >= 4 is 5.97 Å². The molecule has 0 spiro atoms. The lowest BCUT2D eigenvalue weighted by Gasteiger charge is -2.32. The molecule has 1 saturated carbocycles. The number of carbonyl (C=O) groups is 1. The van der Waals surface area contributed by atoms with Crippen molar-refractivity contribution in [2.45, 2.75) is 38.3 Å². The zero-order valence-corrected chi connectivity index (χ0v) is 12.8. The van der Waals surface area contributed by atoms with Crippen LogP contribution in [0.3, 0.4) is 0 Å². The minimum absolute atomic E-state index is 0.0844. The van der Waals surface area contributed by atoms with E-state index in [1.54, 1.807) is 31.4 Å². The Bertz CT molecular complexity index is 482. The maximum Gasteiger partial charge on any atom is 0.327 e. The van der Waals surface area contributed by atoms with Crippen LogP contribution in [0.15, 0.2) is 24.3 Å². The predicted octanol–water partition coefficient (Wildman–Crippen LogP) is 2.31. The van der Waals surface area contributed by atoms with E-state index in [2.05, 4.69) is 5.32 Å². The maximum atomic E-state index is 11.8. The van der Waals surface area contributed by atoms with Gasteiger partial charge in [0.2, 0.25) is 0 Å². The fraction of sp³-hybridized carbons (Fsp3) is 0.562. The molecule has 1 atom stereocenters. The Morgan fingerprint density at radius 3 is 2.33 bits per heavy atom. The fourth-order valence-corrected chi connectivity index (χ4v) is 2.54. The molecule has 2 N–H and O–H groups in total. The van der Waals surface area contributed by atoms with Crippen molar-refractivity contribution in [3.63, 3.8) is 0 Å². The molecule has 1 unspecified atom stereocenters. The van der Waals surface area contributed by atoms with Gasteiger partial charge in [-0.2, -0.15) is 0 Å². The molecular formula is C16H23NO4. The van der Waals surface area contributed by atoms with Crippen LogP contribution < -0.4 is 14.8 Å². The summed E-state index contributed by atoms with van der Waals surface area (Å²) < 4.78 is 10.8. The van der Waals surface area contributed by atoms with Gasteiger partial charge >= 0.3 is 5.97 Å². The molecule has 0 saturated heterocycles. The lowest BCUT2D eigenvalue weighted by atomic mass is 9.93. The van der Waals surface area contributed by atoms with E-state index in [-0.39, 0.29) is 18.6 Å². The van der Waals surface area contributed by atoms with Crippen LogP contribution in [0.4, 0.5) is 0 Å². The second-order valence-corrected chi connectivity index (χ2v) is 5.81. The van der Waals surface area contributed by atoms with Crippen LogP contribution in [-0.2, 0) is 4.79 Å². The number of methoxy groups -OCH3 is 1. The van der Waals surface area contributed by atoms with Crippen molar-refractivity contribution in [1.82, 2.24) is 5.32 Å². The normalized spacial score (nSPS) is 17.3. The highest BCUT2D eigenvalue weighted by molar-refractivity contribution is 5.80. The molecule has 0 radical (unpaired) electrons. The number of nitrogens with one attached hydrogen (secondary N) is 1. The monoisotopic (exact) mass is 293 g/mol. The van der Waals surface area contributed by atoms with Crippen LogP contribution in [0.25, 0.3) is 0 Å². The summed E-state index contributed by atoms with van der Waals surface area (Å²) in [5.74, 6) is 0.685. The summed E-state index contributed by atoms with van der Waals surface area (Å²) in [6.45, 7) is 4.03. The topological polar surface area (TPSA) is 67.8 Å². The largest absolute Gasteiger partial charge is 0.497 e. The number of rotatable bonds is 8. The lowest BCUT2D eigenvalue weighted by molar-refractivity contribution is -0.148. The van der Waals surface area contributed by atoms with Crippen molar-refractivity contribution in [2.75, 3.05) is 13.7 Å². The Morgan fingerprint density at radius 2 is 1.90 bits per heavy atom. The van der Waals surface area contributed by atoms with E-state index in [9.17, 15) is 9.90 Å². The van der Waals surface area contributed by atoms with Crippen LogP contribution in [0, 0.1) is 5.92 Å². The van der Waals surface area contributed by atoms with Crippen LogP contribution in [0.1, 0.15) is 26.7 Å². The third-order valence-corrected chi connectivity index (χ3v) is 3.73. The van der Waals surface area contributed by atoms with Gasteiger partial charge < -0.3 is 14.6 Å². The van der Waals surface area contributed by atoms with Crippen molar-refractivity contribution in [3.8, 4) is 11.5 Å². The van der Waals surface area contributed by atoms with Gasteiger partial charge in [-0.15, -0.1) is 0 Å². The predicted molar refractivity (Wildman–Crippen MR) is 79.9 cm³/mol. The van der Waals surface area contributed by atoms with E-state index in [1.807, 2.05) is 13.8 Å². The maximum absolute atomic E-state index is 11.8. The molecule has 1 aliphatic carbocycles. The van der Waals surface area contributed by atoms with Crippen LogP contribution in [-0.4, -0.2) is 36.4 Å². The molecule has 116 valence electrons. The highest BCUT2D eigenvalue weighted by Crippen LogP contribution is 2.40. The summed E-state index contributed by atoms with van der Waals surface area (Å²) in [7, 11) is 1.60. The standard InChI is InChI=1S/C16H23NO4/c1-11(2)17-16(15(18)19,12-4-5-12)10-21-14-8-6-13(20-3)7-9-14/h6-9,11-12,17H,4-5,10H2,1-3H3,(H,18,19). The number of aliphatic carboxylic acids is 1. The summed E-state index contributed by atoms with van der Waals surface area (Å²) >= 11 is 0. The van der Waals surface area contributed by atoms with Gasteiger partial charge in [0.05, 0.1) is 7.11 Å². The lowest BCUT2D eigenvalue weighted by Crippen LogP contribution is -2.60. The Balaban J connectivity index is 2.09. The van der Waals surface area contributed by atoms with Crippen molar-refractivity contribution < 1.29 is 19.4 Å². The molecule has 0 bridgehead atoms. The van der Waals surface area contributed by atoms with Gasteiger partial charge in [0.25, 0.3) is 0 Å². The zero-order chi connectivity index (χ0) is 15.5. The molecule has 21 heavy (non-hydrogen) atoms. The molecule has 1 aromatic rings. The van der Waals surface area contributed by atoms with Gasteiger partial charge in [0, 0.05) is 6.04 Å². The molecule has 2 rings (SSSR count). The summed E-state index contributed by atoms with van der Waals surface area (Å²) in [6.07, 6.45) is 1.86. The molecule has 1 fully saturated rings. The Kier molecular flexibility index (Phi) is 4.73. The van der Waals surface area contributed by atoms with E-state index in [1.165, 1.54) is 0 Å². The van der Waals surface area contributed by atoms with Gasteiger partial charge in [-0.3, -0.25) is 10.1 Å². The van der Waals surface area contributed by atoms with Crippen LogP contribution >= 0.6 is 0 Å². The van der Waals surface area contributed by atoms with E-state index < -0.39 is 11.5 Å². The molecule has 5 heteroatoms. The highest BCUT2D eigenvalue weighted by Gasteiger charge is 2.52. The second-order valence-electron chi connectivity index (χ2n) is 5.81. The number of hydrogen-bond acceptors (Lipinski definition) is 4. The van der Waals surface area contributed by atoms with Gasteiger partial charge in [-0.05, 0) is 56.9 Å². The van der Waals surface area contributed by atoms with E-state index in [0.29, 0.717) is 5.75 Å². The van der Waals surface area contributed by atoms with Crippen molar-refractivity contribution in [3.05, 3.63) is 24.3 Å². The molecule has 0 amide bonds. The van der Waals surface area contributed by atoms with E-state index >= 15 is 0 Å². The molecule has 0 aromatic heterocycles. The first-order valence-electron chi connectivity index (χ1n) is 7.26. The van der Waals surface area contributed by atoms with Gasteiger partial charge in [-0.25, -0.2) is 0 Å². The Morgan fingerprint density at radius 1 is 1.33 bits per heavy atom. The molecule has 1 aromatic carbocycles. The number of carboxylic acids is 1. The number of ether oxygens (including phenoxy) is 2. The highest BCUT2D eigenvalue weighted by atomic mass is 16.5. The average molecular weight is 293 g/mol. The minimum atomic E-state index is -1.01. The number of hydrogen-bond donors (Lipinski definition) is 2. The molecule has 1 aliphatic rings. The summed E-state index contributed by atoms with van der Waals surface area (Å²) in [5.41, 5.74) is -1.01. The third-order valence-electron chi connectivity index (χ3n) is 3.73. The van der Waals surface area contributed by atoms with Crippen molar-refractivity contribution in [2.24, 2.45) is 5.92 Å². The summed E-state index contributed by atoms with van der Waals surface area (Å²) in [5, 5.41) is 12.9. The first kappa shape index (κ1) is 15.6. The minimum Gasteiger partial charge on any atom is -0.497 e. The first-order chi connectivity index (χ1) is 9.98. The first-order valence-corrected chi connectivity index (χ1v) is 7.26. The molecular weight excluding hydrogens is 270 g/mol. The Hall–Kier alpha value is -1.75. The van der Waals surface area contributed by atoms with Crippen LogP contribution in [0.2, 0.25) is 0 Å². The van der Waals surface area contributed by atoms with Crippen molar-refractivity contribution in [1.29, 1.82) is 0 Å². The average Bonchev–Trinajstić information content (AvgIpc) is 3.28. The van der Waals surface area contributed by atoms with E-state index in [4.69, 9.17) is 9.47 Å². The fourth-order valence-electron chi connectivity index (χ4n) is 2.54.